The van der Waals surface area contributed by atoms with Gasteiger partial charge in [-0.05, 0) is 54.3 Å². The molecule has 1 aromatic carbocycles. The third-order valence-corrected chi connectivity index (χ3v) is 3.41. The predicted octanol–water partition coefficient (Wildman–Crippen LogP) is 2.99. The first kappa shape index (κ1) is 11.4. The van der Waals surface area contributed by atoms with Crippen molar-refractivity contribution in [3.8, 4) is 5.69 Å². The molecule has 0 radical (unpaired) electrons. The molecular formula is C10H8N2OS3. The fraction of sp³-hybridized carbons (Fsp3) is 0.100. The molecule has 0 amide bonds. The van der Waals surface area contributed by atoms with E-state index in [0.717, 1.165) is 22.6 Å². The van der Waals surface area contributed by atoms with E-state index < -0.39 is 0 Å². The zero-order chi connectivity index (χ0) is 11.7. The van der Waals surface area contributed by atoms with Gasteiger partial charge in [0.05, 0.1) is 5.69 Å². The fourth-order valence-electron chi connectivity index (χ4n) is 1.40. The van der Waals surface area contributed by atoms with E-state index in [0.29, 0.717) is 8.73 Å². The van der Waals surface area contributed by atoms with E-state index in [9.17, 15) is 4.79 Å². The van der Waals surface area contributed by atoms with Crippen molar-refractivity contribution in [2.45, 2.75) is 6.92 Å². The summed E-state index contributed by atoms with van der Waals surface area (Å²) in [6.07, 6.45) is 0. The van der Waals surface area contributed by atoms with E-state index in [1.807, 2.05) is 31.2 Å². The number of H-pyrrole nitrogens is 1. The van der Waals surface area contributed by atoms with E-state index in [4.69, 9.17) is 24.4 Å². The molecule has 3 nitrogen and oxygen atoms in total. The largest absolute Gasteiger partial charge is 0.316 e. The van der Waals surface area contributed by atoms with Crippen LogP contribution in [0.2, 0.25) is 0 Å². The van der Waals surface area contributed by atoms with Gasteiger partial charge in [-0.2, -0.15) is 0 Å². The van der Waals surface area contributed by atoms with Crippen LogP contribution in [0.3, 0.4) is 0 Å². The molecule has 0 saturated carbocycles. The quantitative estimate of drug-likeness (QED) is 0.808. The summed E-state index contributed by atoms with van der Waals surface area (Å²) in [4.78, 5) is 14.5. The van der Waals surface area contributed by atoms with Gasteiger partial charge in [-0.3, -0.25) is 4.79 Å². The predicted molar refractivity (Wildman–Crippen MR) is 70.7 cm³/mol. The first-order valence-electron chi connectivity index (χ1n) is 4.52. The Morgan fingerprint density at radius 3 is 2.62 bits per heavy atom. The minimum atomic E-state index is -0.164. The van der Waals surface area contributed by atoms with Crippen LogP contribution >= 0.6 is 35.8 Å². The Labute approximate surface area is 106 Å². The van der Waals surface area contributed by atoms with Crippen molar-refractivity contribution in [1.82, 2.24) is 9.55 Å². The minimum absolute atomic E-state index is 0.164. The van der Waals surface area contributed by atoms with E-state index >= 15 is 0 Å². The van der Waals surface area contributed by atoms with Crippen molar-refractivity contribution in [1.29, 1.82) is 0 Å². The van der Waals surface area contributed by atoms with Crippen molar-refractivity contribution in [3.63, 3.8) is 0 Å². The number of nitrogens with one attached hydrogen (secondary N) is 1. The number of hydrogen-bond donors (Lipinski definition) is 1. The molecule has 0 aliphatic rings. The van der Waals surface area contributed by atoms with Gasteiger partial charge in [0.25, 0.3) is 0 Å². The summed E-state index contributed by atoms with van der Waals surface area (Å²) in [5.41, 5.74) is 1.79. The highest BCUT2D eigenvalue weighted by Gasteiger charge is 2.04. The summed E-state index contributed by atoms with van der Waals surface area (Å²) in [6.45, 7) is 1.93. The second-order valence-electron chi connectivity index (χ2n) is 3.21. The summed E-state index contributed by atoms with van der Waals surface area (Å²) in [5, 5.41) is 0. The van der Waals surface area contributed by atoms with Crippen LogP contribution in [0, 0.1) is 15.6 Å². The Bertz CT molecular complexity index is 662. The highest BCUT2D eigenvalue weighted by molar-refractivity contribution is 7.73. The van der Waals surface area contributed by atoms with Gasteiger partial charge in [0, 0.05) is 0 Å². The molecule has 2 rings (SSSR count). The molecular weight excluding hydrogens is 260 g/mol. The van der Waals surface area contributed by atoms with Gasteiger partial charge in [0.2, 0.25) is 0 Å². The number of hydrogen-bond acceptors (Lipinski definition) is 4. The Balaban J connectivity index is 2.86. The van der Waals surface area contributed by atoms with Gasteiger partial charge in [-0.25, -0.2) is 4.57 Å². The summed E-state index contributed by atoms with van der Waals surface area (Å²) in [7, 11) is 0. The van der Waals surface area contributed by atoms with Crippen molar-refractivity contribution in [2.24, 2.45) is 0 Å². The first-order chi connectivity index (χ1) is 7.59. The Kier molecular flexibility index (Phi) is 3.13. The molecule has 82 valence electrons. The smallest absolute Gasteiger partial charge is 0.314 e. The maximum Gasteiger partial charge on any atom is 0.316 e. The monoisotopic (exact) mass is 268 g/mol. The summed E-state index contributed by atoms with van der Waals surface area (Å²) >= 11 is 11.0. The maximum atomic E-state index is 11.8. The molecule has 0 spiro atoms. The molecule has 6 heteroatoms. The van der Waals surface area contributed by atoms with Gasteiger partial charge in [-0.15, -0.1) is 0 Å². The second kappa shape index (κ2) is 4.40. The third kappa shape index (κ3) is 2.04. The Hall–Kier alpha value is -1.11. The van der Waals surface area contributed by atoms with Crippen LogP contribution < -0.4 is 4.87 Å². The molecule has 2 aromatic rings. The van der Waals surface area contributed by atoms with Crippen molar-refractivity contribution >= 4 is 35.8 Å². The van der Waals surface area contributed by atoms with Crippen molar-refractivity contribution < 1.29 is 0 Å². The van der Waals surface area contributed by atoms with Gasteiger partial charge in [0.1, 0.15) is 0 Å². The molecule has 0 saturated heterocycles. The first-order valence-corrected chi connectivity index (χ1v) is 6.15. The number of aromatic amines is 1. The number of para-hydroxylation sites is 1. The zero-order valence-corrected chi connectivity index (χ0v) is 10.8. The fourth-order valence-corrected chi connectivity index (χ4v) is 2.77. The van der Waals surface area contributed by atoms with Crippen LogP contribution in [-0.2, 0) is 0 Å². The van der Waals surface area contributed by atoms with Crippen LogP contribution in [0.4, 0.5) is 0 Å². The average molecular weight is 268 g/mol. The summed E-state index contributed by atoms with van der Waals surface area (Å²) in [6, 6.07) is 7.58. The Morgan fingerprint density at radius 2 is 2.00 bits per heavy atom. The lowest BCUT2D eigenvalue weighted by Crippen LogP contribution is -2.17. The van der Waals surface area contributed by atoms with E-state index in [-0.39, 0.29) is 4.87 Å². The van der Waals surface area contributed by atoms with Crippen LogP contribution in [0.1, 0.15) is 5.56 Å². The molecule has 0 aliphatic heterocycles. The molecule has 0 bridgehead atoms. The van der Waals surface area contributed by atoms with Crippen LogP contribution in [-0.4, -0.2) is 9.55 Å². The lowest BCUT2D eigenvalue weighted by Gasteiger charge is -2.07. The molecule has 0 unspecified atom stereocenters. The molecule has 0 atom stereocenters. The van der Waals surface area contributed by atoms with E-state index in [1.165, 1.54) is 4.57 Å². The second-order valence-corrected chi connectivity index (χ2v) is 5.22. The van der Waals surface area contributed by atoms with Gasteiger partial charge in [0.15, 0.2) is 8.73 Å². The molecule has 0 aliphatic carbocycles. The Morgan fingerprint density at radius 1 is 1.31 bits per heavy atom. The number of aryl methyl sites for hydroxylation is 1. The SMILES string of the molecule is Cc1ccccc1-n1c(=S)[nH]c(=S)sc1=O. The molecule has 0 fully saturated rings. The van der Waals surface area contributed by atoms with Crippen molar-refractivity contribution in [2.75, 3.05) is 0 Å². The maximum absolute atomic E-state index is 11.8. The van der Waals surface area contributed by atoms with Gasteiger partial charge >= 0.3 is 4.87 Å². The molecule has 1 N–H and O–H groups in total. The molecule has 16 heavy (non-hydrogen) atoms. The average Bonchev–Trinajstić information content (AvgIpc) is 2.19. The highest BCUT2D eigenvalue weighted by atomic mass is 32.1. The number of rotatable bonds is 1. The summed E-state index contributed by atoms with van der Waals surface area (Å²) < 4.78 is 2.20. The van der Waals surface area contributed by atoms with Gasteiger partial charge < -0.3 is 4.98 Å². The topological polar surface area (TPSA) is 37.8 Å². The molecule has 1 heterocycles. The van der Waals surface area contributed by atoms with Crippen LogP contribution in [0.15, 0.2) is 29.1 Å². The third-order valence-electron chi connectivity index (χ3n) is 2.13. The van der Waals surface area contributed by atoms with Crippen LogP contribution in [0.25, 0.3) is 5.69 Å². The normalized spacial score (nSPS) is 10.3. The standard InChI is InChI=1S/C10H8N2OS3/c1-6-4-2-3-5-7(6)12-8(14)11-9(15)16-10(12)13/h2-5H,1H3,(H,11,14,15). The molecule has 1 aromatic heterocycles. The van der Waals surface area contributed by atoms with E-state index in [1.54, 1.807) is 0 Å². The van der Waals surface area contributed by atoms with Crippen LogP contribution in [0.5, 0.6) is 0 Å². The summed E-state index contributed by atoms with van der Waals surface area (Å²) in [5.74, 6) is 0. The minimum Gasteiger partial charge on any atom is -0.314 e. The lowest BCUT2D eigenvalue weighted by atomic mass is 10.2. The number of aromatic nitrogens is 2. The number of nitrogens with zero attached hydrogens (tertiary/aromatic N) is 1. The van der Waals surface area contributed by atoms with Crippen molar-refractivity contribution in [3.05, 3.63) is 48.2 Å². The lowest BCUT2D eigenvalue weighted by molar-refractivity contribution is 0.937. The number of benzene rings is 1. The zero-order valence-electron chi connectivity index (χ0n) is 8.39. The van der Waals surface area contributed by atoms with E-state index in [2.05, 4.69) is 4.98 Å². The van der Waals surface area contributed by atoms with Gasteiger partial charge in [-0.1, -0.05) is 18.2 Å². The highest BCUT2D eigenvalue weighted by Crippen LogP contribution is 2.11.